The van der Waals surface area contributed by atoms with Crippen LogP contribution in [0.5, 0.6) is 5.75 Å². The van der Waals surface area contributed by atoms with Crippen molar-refractivity contribution in [2.75, 3.05) is 7.11 Å². The quantitative estimate of drug-likeness (QED) is 0.189. The van der Waals surface area contributed by atoms with E-state index in [9.17, 15) is 4.79 Å². The predicted molar refractivity (Wildman–Crippen MR) is 159 cm³/mol. The Labute approximate surface area is 230 Å². The first kappa shape index (κ1) is 29.8. The third-order valence-corrected chi connectivity index (χ3v) is 12.6. The fourth-order valence-corrected chi connectivity index (χ4v) is 10.3. The lowest BCUT2D eigenvalue weighted by molar-refractivity contribution is -0.120. The van der Waals surface area contributed by atoms with E-state index in [0.717, 1.165) is 24.0 Å². The molecular formula is C33H44O4Si. The predicted octanol–water partition coefficient (Wildman–Crippen LogP) is 6.41. The van der Waals surface area contributed by atoms with E-state index in [1.807, 2.05) is 31.2 Å². The molecule has 0 aliphatic carbocycles. The topological polar surface area (TPSA) is 44.8 Å². The number of benzene rings is 3. The summed E-state index contributed by atoms with van der Waals surface area (Å²) in [6, 6.07) is 29.3. The van der Waals surface area contributed by atoms with Crippen molar-refractivity contribution in [2.24, 2.45) is 11.8 Å². The minimum absolute atomic E-state index is 0.0000906. The Morgan fingerprint density at radius 1 is 0.842 bits per heavy atom. The van der Waals surface area contributed by atoms with Crippen molar-refractivity contribution >= 4 is 25.0 Å². The molecule has 3 aromatic rings. The summed E-state index contributed by atoms with van der Waals surface area (Å²) in [4.78, 5) is 12.0. The van der Waals surface area contributed by atoms with Crippen LogP contribution in [-0.2, 0) is 20.6 Å². The Hall–Kier alpha value is -2.73. The van der Waals surface area contributed by atoms with E-state index in [-0.39, 0.29) is 29.1 Å². The van der Waals surface area contributed by atoms with Crippen LogP contribution < -0.4 is 15.1 Å². The van der Waals surface area contributed by atoms with Gasteiger partial charge in [0.05, 0.1) is 25.9 Å². The lowest BCUT2D eigenvalue weighted by Gasteiger charge is -2.47. The maximum Gasteiger partial charge on any atom is 0.261 e. The Morgan fingerprint density at radius 3 is 1.79 bits per heavy atom. The van der Waals surface area contributed by atoms with Crippen LogP contribution in [0.15, 0.2) is 84.9 Å². The van der Waals surface area contributed by atoms with Gasteiger partial charge < -0.3 is 18.7 Å². The molecule has 0 unspecified atom stereocenters. The van der Waals surface area contributed by atoms with Crippen LogP contribution in [-0.4, -0.2) is 33.9 Å². The molecule has 3 rings (SSSR count). The van der Waals surface area contributed by atoms with Crippen LogP contribution in [0.4, 0.5) is 0 Å². The summed E-state index contributed by atoms with van der Waals surface area (Å²) < 4.78 is 19.2. The molecule has 38 heavy (non-hydrogen) atoms. The molecule has 0 saturated carbocycles. The molecular weight excluding hydrogens is 488 g/mol. The smallest absolute Gasteiger partial charge is 0.261 e. The van der Waals surface area contributed by atoms with Crippen molar-refractivity contribution < 1.29 is 18.7 Å². The lowest BCUT2D eigenvalue weighted by Crippen LogP contribution is -2.68. The summed E-state index contributed by atoms with van der Waals surface area (Å²) in [5, 5.41) is 2.38. The monoisotopic (exact) mass is 532 g/mol. The molecule has 3 aromatic carbocycles. The third kappa shape index (κ3) is 6.63. The standard InChI is InChI=1S/C33H44O4Si/c1-8-31(26(3)32(25(2)23-34)36-24-27-19-21-28(35-7)22-20-27)37-38(33(4,5)6,29-15-11-9-12-16-29)30-17-13-10-14-18-30/h9-23,25-26,31-32H,8,24H2,1-7H3/t25-,26-,31+,32+/m0/s1. The summed E-state index contributed by atoms with van der Waals surface area (Å²) in [7, 11) is -1.08. The van der Waals surface area contributed by atoms with E-state index in [2.05, 4.69) is 95.3 Å². The highest BCUT2D eigenvalue weighted by Crippen LogP contribution is 2.39. The largest absolute Gasteiger partial charge is 0.497 e. The van der Waals surface area contributed by atoms with Crippen LogP contribution in [0.2, 0.25) is 5.04 Å². The fourth-order valence-electron chi connectivity index (χ4n) is 5.47. The Bertz CT molecular complexity index is 1070. The first-order valence-electron chi connectivity index (χ1n) is 13.7. The van der Waals surface area contributed by atoms with E-state index in [4.69, 9.17) is 13.9 Å². The molecule has 4 nitrogen and oxygen atoms in total. The fraction of sp³-hybridized carbons (Fsp3) is 0.424. The molecule has 4 atom stereocenters. The van der Waals surface area contributed by atoms with Crippen LogP contribution >= 0.6 is 0 Å². The van der Waals surface area contributed by atoms with Gasteiger partial charge in [0.1, 0.15) is 12.0 Å². The van der Waals surface area contributed by atoms with Gasteiger partial charge in [-0.2, -0.15) is 0 Å². The minimum atomic E-state index is -2.74. The molecule has 0 radical (unpaired) electrons. The van der Waals surface area contributed by atoms with Crippen LogP contribution in [0.3, 0.4) is 0 Å². The van der Waals surface area contributed by atoms with E-state index in [1.165, 1.54) is 10.4 Å². The molecule has 0 N–H and O–H groups in total. The van der Waals surface area contributed by atoms with Gasteiger partial charge in [-0.3, -0.25) is 0 Å². The summed E-state index contributed by atoms with van der Waals surface area (Å²) in [5.41, 5.74) is 1.04. The summed E-state index contributed by atoms with van der Waals surface area (Å²) >= 11 is 0. The molecule has 0 spiro atoms. The summed E-state index contributed by atoms with van der Waals surface area (Å²) in [5.74, 6) is 0.546. The second-order valence-electron chi connectivity index (χ2n) is 11.2. The third-order valence-electron chi connectivity index (χ3n) is 7.59. The van der Waals surface area contributed by atoms with Crippen LogP contribution in [0.1, 0.15) is 53.5 Å². The summed E-state index contributed by atoms with van der Waals surface area (Å²) in [6.45, 7) is 13.6. The number of carbonyl (C=O) groups is 1. The molecule has 0 saturated heterocycles. The SMILES string of the molecule is CC[C@@H](O[Si](c1ccccc1)(c1ccccc1)C(C)(C)C)[C@H](C)[C@H](OCc1ccc(OC)cc1)[C@@H](C)C=O. The number of methoxy groups -OCH3 is 1. The maximum atomic E-state index is 12.0. The van der Waals surface area contributed by atoms with Gasteiger partial charge in [0.25, 0.3) is 8.32 Å². The maximum absolute atomic E-state index is 12.0. The molecule has 204 valence electrons. The van der Waals surface area contributed by atoms with Gasteiger partial charge in [-0.25, -0.2) is 0 Å². The average Bonchev–Trinajstić information content (AvgIpc) is 2.94. The van der Waals surface area contributed by atoms with Gasteiger partial charge in [0, 0.05) is 11.8 Å². The highest BCUT2D eigenvalue weighted by atomic mass is 28.4. The highest BCUT2D eigenvalue weighted by molar-refractivity contribution is 6.99. The molecule has 0 bridgehead atoms. The van der Waals surface area contributed by atoms with Crippen LogP contribution in [0, 0.1) is 11.8 Å². The minimum Gasteiger partial charge on any atom is -0.497 e. The zero-order valence-corrected chi connectivity index (χ0v) is 25.0. The zero-order chi connectivity index (χ0) is 27.8. The van der Waals surface area contributed by atoms with E-state index in [0.29, 0.717) is 6.61 Å². The molecule has 0 fully saturated rings. The Kier molecular flexibility index (Phi) is 10.5. The first-order chi connectivity index (χ1) is 18.2. The molecule has 0 aliphatic rings. The lowest BCUT2D eigenvalue weighted by atomic mass is 9.89. The first-order valence-corrected chi connectivity index (χ1v) is 15.6. The number of carbonyl (C=O) groups excluding carboxylic acids is 1. The normalized spacial score (nSPS) is 15.3. The van der Waals surface area contributed by atoms with Crippen molar-refractivity contribution in [1.82, 2.24) is 0 Å². The molecule has 5 heteroatoms. The highest BCUT2D eigenvalue weighted by Gasteiger charge is 2.52. The van der Waals surface area contributed by atoms with Gasteiger partial charge >= 0.3 is 0 Å². The van der Waals surface area contributed by atoms with E-state index in [1.54, 1.807) is 7.11 Å². The van der Waals surface area contributed by atoms with Crippen molar-refractivity contribution in [3.8, 4) is 5.75 Å². The Balaban J connectivity index is 1.98. The molecule has 0 amide bonds. The number of hydrogen-bond donors (Lipinski definition) is 0. The van der Waals surface area contributed by atoms with Crippen molar-refractivity contribution in [3.05, 3.63) is 90.5 Å². The average molecular weight is 533 g/mol. The van der Waals surface area contributed by atoms with Gasteiger partial charge in [0.2, 0.25) is 0 Å². The summed E-state index contributed by atoms with van der Waals surface area (Å²) in [6.07, 6.45) is 1.45. The number of hydrogen-bond acceptors (Lipinski definition) is 4. The number of ether oxygens (including phenoxy) is 2. The van der Waals surface area contributed by atoms with Crippen LogP contribution in [0.25, 0.3) is 0 Å². The Morgan fingerprint density at radius 2 is 1.37 bits per heavy atom. The number of rotatable bonds is 13. The second kappa shape index (κ2) is 13.4. The molecule has 0 aromatic heterocycles. The second-order valence-corrected chi connectivity index (χ2v) is 15.5. The van der Waals surface area contributed by atoms with Gasteiger partial charge in [-0.15, -0.1) is 0 Å². The van der Waals surface area contributed by atoms with E-state index >= 15 is 0 Å². The molecule has 0 aliphatic heterocycles. The van der Waals surface area contributed by atoms with E-state index < -0.39 is 8.32 Å². The van der Waals surface area contributed by atoms with Crippen molar-refractivity contribution in [2.45, 2.75) is 71.8 Å². The van der Waals surface area contributed by atoms with Gasteiger partial charge in [-0.05, 0) is 39.5 Å². The zero-order valence-electron chi connectivity index (χ0n) is 24.0. The van der Waals surface area contributed by atoms with Crippen molar-refractivity contribution in [1.29, 1.82) is 0 Å². The molecule has 0 heterocycles. The number of aldehydes is 1. The van der Waals surface area contributed by atoms with Crippen molar-refractivity contribution in [3.63, 3.8) is 0 Å². The van der Waals surface area contributed by atoms with Gasteiger partial charge in [-0.1, -0.05) is 114 Å². The van der Waals surface area contributed by atoms with Gasteiger partial charge in [0.15, 0.2) is 0 Å².